The van der Waals surface area contributed by atoms with Crippen molar-refractivity contribution in [3.63, 3.8) is 0 Å². The van der Waals surface area contributed by atoms with Gasteiger partial charge in [0.1, 0.15) is 4.90 Å². The smallest absolute Gasteiger partial charge is 0.295 e. The van der Waals surface area contributed by atoms with Crippen LogP contribution in [0.15, 0.2) is 76.7 Å². The topological polar surface area (TPSA) is 132 Å². The number of nitrogens with zero attached hydrogens (tertiary/aromatic N) is 2. The Bertz CT molecular complexity index is 964. The first kappa shape index (κ1) is 18.4. The lowest BCUT2D eigenvalue weighted by Crippen LogP contribution is -2.22. The number of hydrogen-bond donors (Lipinski definition) is 3. The third-order valence-corrected chi connectivity index (χ3v) is 4.09. The first-order valence-corrected chi connectivity index (χ1v) is 8.72. The lowest BCUT2D eigenvalue weighted by atomic mass is 10.1. The van der Waals surface area contributed by atoms with Crippen LogP contribution >= 0.6 is 0 Å². The van der Waals surface area contributed by atoms with E-state index in [0.717, 1.165) is 11.1 Å². The lowest BCUT2D eigenvalue weighted by Gasteiger charge is -2.02. The van der Waals surface area contributed by atoms with Crippen LogP contribution in [0.25, 0.3) is 10.8 Å². The molecule has 0 radical (unpaired) electrons. The highest BCUT2D eigenvalue weighted by molar-refractivity contribution is 7.86. The molecule has 3 rings (SSSR count). The molecule has 0 fully saturated rings. The Labute approximate surface area is 145 Å². The number of aliphatic imine (C=N–C) groups is 1. The van der Waals surface area contributed by atoms with Crippen LogP contribution in [0.2, 0.25) is 0 Å². The summed E-state index contributed by atoms with van der Waals surface area (Å²) < 4.78 is 31.0. The van der Waals surface area contributed by atoms with Crippen molar-refractivity contribution in [3.05, 3.63) is 72.6 Å². The summed E-state index contributed by atoms with van der Waals surface area (Å²) in [5, 5.41) is 1.33. The standard InChI is InChI=1S/C10H8O3S.C7H10N4/c11-14(12,13)10-7-3-5-8-4-1-2-6-9(8)10;8-7(9)11-5-6-3-1-2-4-10-6/h1-7H,(H,11,12,13);1-4H,5H2,(H4,8,9,11). The van der Waals surface area contributed by atoms with Gasteiger partial charge in [0.2, 0.25) is 0 Å². The Morgan fingerprint density at radius 3 is 2.32 bits per heavy atom. The molecule has 25 heavy (non-hydrogen) atoms. The van der Waals surface area contributed by atoms with Gasteiger partial charge in [-0.05, 0) is 23.6 Å². The number of fused-ring (bicyclic) bond motifs is 1. The molecule has 2 aromatic carbocycles. The highest BCUT2D eigenvalue weighted by Gasteiger charge is 2.12. The normalized spacial score (nSPS) is 10.6. The Morgan fingerprint density at radius 1 is 1.00 bits per heavy atom. The van der Waals surface area contributed by atoms with Crippen molar-refractivity contribution in [2.45, 2.75) is 11.4 Å². The van der Waals surface area contributed by atoms with Crippen molar-refractivity contribution in [2.24, 2.45) is 16.5 Å². The Balaban J connectivity index is 0.000000186. The zero-order valence-corrected chi connectivity index (χ0v) is 14.1. The Kier molecular flexibility index (Phi) is 6.04. The minimum atomic E-state index is -4.13. The SMILES string of the molecule is NC(N)=NCc1ccccn1.O=S(=O)(O)c1cccc2ccccc12. The maximum absolute atomic E-state index is 11.0. The Hall–Kier alpha value is -2.97. The summed E-state index contributed by atoms with van der Waals surface area (Å²) >= 11 is 0. The van der Waals surface area contributed by atoms with Crippen LogP contribution in [-0.2, 0) is 16.7 Å². The molecule has 0 aliphatic carbocycles. The highest BCUT2D eigenvalue weighted by Crippen LogP contribution is 2.21. The summed E-state index contributed by atoms with van der Waals surface area (Å²) in [4.78, 5) is 7.79. The monoisotopic (exact) mass is 358 g/mol. The lowest BCUT2D eigenvalue weighted by molar-refractivity contribution is 0.484. The average Bonchev–Trinajstić information content (AvgIpc) is 2.60. The van der Waals surface area contributed by atoms with Gasteiger partial charge in [-0.15, -0.1) is 0 Å². The molecule has 0 bridgehead atoms. The average molecular weight is 358 g/mol. The maximum Gasteiger partial charge on any atom is 0.295 e. The molecule has 5 N–H and O–H groups in total. The van der Waals surface area contributed by atoms with Crippen molar-refractivity contribution in [2.75, 3.05) is 0 Å². The molecule has 130 valence electrons. The van der Waals surface area contributed by atoms with E-state index >= 15 is 0 Å². The molecule has 0 aliphatic heterocycles. The number of guanidine groups is 1. The summed E-state index contributed by atoms with van der Waals surface area (Å²) in [6, 6.07) is 17.4. The third-order valence-electron chi connectivity index (χ3n) is 3.18. The van der Waals surface area contributed by atoms with E-state index in [2.05, 4.69) is 9.98 Å². The van der Waals surface area contributed by atoms with Crippen molar-refractivity contribution >= 4 is 26.9 Å². The second-order valence-electron chi connectivity index (χ2n) is 5.01. The van der Waals surface area contributed by atoms with Crippen molar-refractivity contribution < 1.29 is 13.0 Å². The number of aromatic nitrogens is 1. The van der Waals surface area contributed by atoms with Crippen molar-refractivity contribution in [1.29, 1.82) is 0 Å². The molecule has 0 spiro atoms. The van der Waals surface area contributed by atoms with Crippen molar-refractivity contribution in [3.8, 4) is 0 Å². The first-order chi connectivity index (χ1) is 11.9. The van der Waals surface area contributed by atoms with Gasteiger partial charge in [-0.2, -0.15) is 8.42 Å². The molecule has 0 amide bonds. The molecular formula is C17H18N4O3S. The van der Waals surface area contributed by atoms with Crippen LogP contribution in [0, 0.1) is 0 Å². The van der Waals surface area contributed by atoms with Gasteiger partial charge in [0, 0.05) is 11.6 Å². The zero-order valence-electron chi connectivity index (χ0n) is 13.3. The number of rotatable bonds is 3. The van der Waals surface area contributed by atoms with Gasteiger partial charge >= 0.3 is 0 Å². The van der Waals surface area contributed by atoms with E-state index in [4.69, 9.17) is 16.0 Å². The van der Waals surface area contributed by atoms with Crippen LogP contribution in [-0.4, -0.2) is 23.9 Å². The molecule has 0 atom stereocenters. The van der Waals surface area contributed by atoms with Gasteiger partial charge < -0.3 is 11.5 Å². The predicted molar refractivity (Wildman–Crippen MR) is 97.5 cm³/mol. The highest BCUT2D eigenvalue weighted by atomic mass is 32.2. The molecule has 0 saturated carbocycles. The second kappa shape index (κ2) is 8.22. The molecule has 0 aliphatic rings. The zero-order chi connectivity index (χ0) is 18.3. The summed E-state index contributed by atoms with van der Waals surface area (Å²) in [5.41, 5.74) is 11.1. The van der Waals surface area contributed by atoms with E-state index in [-0.39, 0.29) is 10.9 Å². The largest absolute Gasteiger partial charge is 0.370 e. The Morgan fingerprint density at radius 2 is 1.68 bits per heavy atom. The molecular weight excluding hydrogens is 340 g/mol. The van der Waals surface area contributed by atoms with E-state index < -0.39 is 10.1 Å². The summed E-state index contributed by atoms with van der Waals surface area (Å²) in [5.74, 6) is 0.0932. The molecule has 7 nitrogen and oxygen atoms in total. The minimum absolute atomic E-state index is 0.0457. The van der Waals surface area contributed by atoms with Gasteiger partial charge in [-0.3, -0.25) is 9.54 Å². The maximum atomic E-state index is 11.0. The number of nitrogens with two attached hydrogens (primary N) is 2. The quantitative estimate of drug-likeness (QED) is 0.372. The molecule has 0 unspecified atom stereocenters. The van der Waals surface area contributed by atoms with E-state index in [1.54, 1.807) is 36.5 Å². The van der Waals surface area contributed by atoms with E-state index in [9.17, 15) is 8.42 Å². The molecule has 3 aromatic rings. The third kappa shape index (κ3) is 5.55. The van der Waals surface area contributed by atoms with Crippen LogP contribution in [0.3, 0.4) is 0 Å². The minimum Gasteiger partial charge on any atom is -0.370 e. The predicted octanol–water partition coefficient (Wildman–Crippen LogP) is 1.94. The first-order valence-electron chi connectivity index (χ1n) is 7.28. The summed E-state index contributed by atoms with van der Waals surface area (Å²) in [7, 11) is -4.13. The van der Waals surface area contributed by atoms with E-state index in [0.29, 0.717) is 11.9 Å². The van der Waals surface area contributed by atoms with Gasteiger partial charge in [-0.1, -0.05) is 42.5 Å². The van der Waals surface area contributed by atoms with Gasteiger partial charge in [0.15, 0.2) is 5.96 Å². The molecule has 1 aromatic heterocycles. The molecule has 8 heteroatoms. The van der Waals surface area contributed by atoms with Crippen LogP contribution in [0.1, 0.15) is 5.69 Å². The molecule has 1 heterocycles. The number of benzene rings is 2. The van der Waals surface area contributed by atoms with Crippen LogP contribution < -0.4 is 11.5 Å². The van der Waals surface area contributed by atoms with E-state index in [1.165, 1.54) is 6.07 Å². The van der Waals surface area contributed by atoms with Crippen molar-refractivity contribution in [1.82, 2.24) is 4.98 Å². The fraction of sp³-hybridized carbons (Fsp3) is 0.0588. The van der Waals surface area contributed by atoms with Crippen LogP contribution in [0.4, 0.5) is 0 Å². The fourth-order valence-electron chi connectivity index (χ4n) is 2.08. The molecule has 0 saturated heterocycles. The number of pyridine rings is 1. The summed E-state index contributed by atoms with van der Waals surface area (Å²) in [6.45, 7) is 0.448. The summed E-state index contributed by atoms with van der Waals surface area (Å²) in [6.07, 6.45) is 1.71. The van der Waals surface area contributed by atoms with E-state index in [1.807, 2.05) is 24.3 Å². The van der Waals surface area contributed by atoms with Gasteiger partial charge in [-0.25, -0.2) is 4.99 Å². The fourth-order valence-corrected chi connectivity index (χ4v) is 2.80. The van der Waals surface area contributed by atoms with Gasteiger partial charge in [0.25, 0.3) is 10.1 Å². The second-order valence-corrected chi connectivity index (χ2v) is 6.40. The van der Waals surface area contributed by atoms with Gasteiger partial charge in [0.05, 0.1) is 12.2 Å². The van der Waals surface area contributed by atoms with Crippen LogP contribution in [0.5, 0.6) is 0 Å². The number of hydrogen-bond acceptors (Lipinski definition) is 4.